The molecule has 2 rings (SSSR count). The van der Waals surface area contributed by atoms with Crippen molar-refractivity contribution in [1.29, 1.82) is 0 Å². The van der Waals surface area contributed by atoms with Crippen LogP contribution >= 0.6 is 34.8 Å². The molecule has 0 saturated carbocycles. The molecular weight excluding hydrogens is 549 g/mol. The second-order valence-electron chi connectivity index (χ2n) is 9.19. The number of hydrogen-bond donors (Lipinski definition) is 3. The van der Waals surface area contributed by atoms with Gasteiger partial charge in [0.25, 0.3) is 5.91 Å². The Bertz CT molecular complexity index is 895. The monoisotopic (exact) mass is 581 g/mol. The molecule has 3 unspecified atom stereocenters. The zero-order valence-corrected chi connectivity index (χ0v) is 23.5. The molecule has 37 heavy (non-hydrogen) atoms. The first-order valence-electron chi connectivity index (χ1n) is 11.5. The summed E-state index contributed by atoms with van der Waals surface area (Å²) in [4.78, 5) is 50.9. The van der Waals surface area contributed by atoms with Crippen molar-refractivity contribution in [3.8, 4) is 0 Å². The van der Waals surface area contributed by atoms with Crippen molar-refractivity contribution in [1.82, 2.24) is 20.7 Å². The number of pyridine rings is 1. The highest BCUT2D eigenvalue weighted by molar-refractivity contribution is 6.67. The summed E-state index contributed by atoms with van der Waals surface area (Å²) < 4.78 is 9.24. The molecule has 1 fully saturated rings. The second-order valence-corrected chi connectivity index (χ2v) is 11.7. The lowest BCUT2D eigenvalue weighted by atomic mass is 10.1. The maximum absolute atomic E-state index is 13.0. The van der Waals surface area contributed by atoms with E-state index in [4.69, 9.17) is 49.1 Å². The van der Waals surface area contributed by atoms with E-state index in [-0.39, 0.29) is 6.41 Å². The SMILES string of the molecule is CC(NC(=O)C(Cc1cccnc1)OC(C)(C)C)C(=O)N1CCCC(C(=O)OCC(Cl)(Cl)Cl)N1.NC=O. The van der Waals surface area contributed by atoms with Crippen molar-refractivity contribution >= 4 is 59.0 Å². The van der Waals surface area contributed by atoms with E-state index in [1.807, 2.05) is 26.8 Å². The molecule has 11 nitrogen and oxygen atoms in total. The van der Waals surface area contributed by atoms with Gasteiger partial charge in [-0.25, -0.2) is 5.43 Å². The van der Waals surface area contributed by atoms with Gasteiger partial charge in [-0.15, -0.1) is 0 Å². The van der Waals surface area contributed by atoms with Crippen molar-refractivity contribution < 1.29 is 28.7 Å². The van der Waals surface area contributed by atoms with Crippen LogP contribution < -0.4 is 16.5 Å². The largest absolute Gasteiger partial charge is 0.460 e. The van der Waals surface area contributed by atoms with Crippen LogP contribution in [0.15, 0.2) is 24.5 Å². The van der Waals surface area contributed by atoms with Gasteiger partial charge in [0.1, 0.15) is 24.8 Å². The summed E-state index contributed by atoms with van der Waals surface area (Å²) in [6.45, 7) is 7.09. The third-order valence-electron chi connectivity index (χ3n) is 4.78. The molecule has 2 heterocycles. The van der Waals surface area contributed by atoms with Crippen molar-refractivity contribution in [3.05, 3.63) is 30.1 Å². The number of rotatable bonds is 8. The lowest BCUT2D eigenvalue weighted by Gasteiger charge is -2.35. The fourth-order valence-corrected chi connectivity index (χ4v) is 3.48. The summed E-state index contributed by atoms with van der Waals surface area (Å²) in [5.41, 5.74) is 7.26. The number of nitrogens with zero attached hydrogens (tertiary/aromatic N) is 2. The Morgan fingerprint density at radius 3 is 2.51 bits per heavy atom. The molecule has 0 bridgehead atoms. The van der Waals surface area contributed by atoms with Crippen molar-refractivity contribution in [2.45, 2.75) is 74.5 Å². The predicted molar refractivity (Wildman–Crippen MR) is 140 cm³/mol. The number of nitrogens with one attached hydrogen (secondary N) is 2. The number of aromatic nitrogens is 1. The molecule has 1 aromatic heterocycles. The number of hydrazine groups is 1. The van der Waals surface area contributed by atoms with E-state index in [0.717, 1.165) is 5.56 Å². The molecule has 4 N–H and O–H groups in total. The van der Waals surface area contributed by atoms with E-state index in [1.165, 1.54) is 5.01 Å². The summed E-state index contributed by atoms with van der Waals surface area (Å²) in [5, 5.41) is 4.03. The van der Waals surface area contributed by atoms with Gasteiger partial charge in [-0.05, 0) is 52.2 Å². The number of halogens is 3. The molecule has 1 aliphatic rings. The van der Waals surface area contributed by atoms with Crippen LogP contribution in [0.5, 0.6) is 0 Å². The molecule has 1 saturated heterocycles. The fourth-order valence-electron chi connectivity index (χ4n) is 3.32. The highest BCUT2D eigenvalue weighted by Crippen LogP contribution is 2.26. The van der Waals surface area contributed by atoms with Gasteiger partial charge in [0, 0.05) is 25.4 Å². The number of hydrogen-bond acceptors (Lipinski definition) is 8. The number of carbonyl (C=O) groups is 4. The van der Waals surface area contributed by atoms with E-state index in [2.05, 4.69) is 21.5 Å². The maximum atomic E-state index is 13.0. The summed E-state index contributed by atoms with van der Waals surface area (Å²) >= 11 is 16.8. The van der Waals surface area contributed by atoms with Gasteiger partial charge in [0.2, 0.25) is 16.1 Å². The summed E-state index contributed by atoms with van der Waals surface area (Å²) in [6.07, 6.45) is 4.06. The molecular formula is C23H34Cl3N5O6. The third kappa shape index (κ3) is 13.3. The minimum Gasteiger partial charge on any atom is -0.460 e. The Morgan fingerprint density at radius 1 is 1.32 bits per heavy atom. The molecule has 0 spiro atoms. The number of ether oxygens (including phenoxy) is 2. The van der Waals surface area contributed by atoms with Crippen LogP contribution in [-0.4, -0.2) is 74.9 Å². The minimum absolute atomic E-state index is 0.250. The standard InChI is InChI=1S/C22H31Cl3N4O5.CH3NO/c1-14(19(31)29-10-6-8-16(28-29)20(32)33-13-22(23,24)25)27-18(30)17(34-21(2,3)4)11-15-7-5-9-26-12-15;2-1-3/h5,7,9,12,14,16-17,28H,6,8,10-11,13H2,1-4H3,(H,27,30);1H,(H2,2,3). The van der Waals surface area contributed by atoms with Crippen molar-refractivity contribution in [3.63, 3.8) is 0 Å². The van der Waals surface area contributed by atoms with Gasteiger partial charge in [-0.2, -0.15) is 0 Å². The molecule has 0 radical (unpaired) electrons. The van der Waals surface area contributed by atoms with E-state index < -0.39 is 52.0 Å². The number of carbonyl (C=O) groups excluding carboxylic acids is 4. The van der Waals surface area contributed by atoms with Crippen LogP contribution in [0.3, 0.4) is 0 Å². The van der Waals surface area contributed by atoms with Gasteiger partial charge in [0.15, 0.2) is 0 Å². The molecule has 14 heteroatoms. The van der Waals surface area contributed by atoms with Crippen LogP contribution in [0.1, 0.15) is 46.1 Å². The number of nitrogens with two attached hydrogens (primary N) is 1. The summed E-state index contributed by atoms with van der Waals surface area (Å²) in [7, 11) is 0. The molecule has 208 valence electrons. The van der Waals surface area contributed by atoms with E-state index in [1.54, 1.807) is 25.4 Å². The molecule has 0 aromatic carbocycles. The average Bonchev–Trinajstić information content (AvgIpc) is 2.81. The topological polar surface area (TPSA) is 153 Å². The number of esters is 1. The Kier molecular flexibility index (Phi) is 13.6. The quantitative estimate of drug-likeness (QED) is 0.238. The van der Waals surface area contributed by atoms with Crippen LogP contribution in [-0.2, 0) is 35.1 Å². The lowest BCUT2D eigenvalue weighted by Crippen LogP contribution is -2.60. The number of alkyl halides is 3. The van der Waals surface area contributed by atoms with E-state index in [0.29, 0.717) is 25.8 Å². The second kappa shape index (κ2) is 15.3. The first-order chi connectivity index (χ1) is 17.2. The van der Waals surface area contributed by atoms with Crippen molar-refractivity contribution in [2.24, 2.45) is 5.73 Å². The first-order valence-corrected chi connectivity index (χ1v) is 12.6. The van der Waals surface area contributed by atoms with E-state index in [9.17, 15) is 14.4 Å². The Morgan fingerprint density at radius 2 is 1.97 bits per heavy atom. The van der Waals surface area contributed by atoms with Gasteiger partial charge in [0.05, 0.1) is 5.60 Å². The van der Waals surface area contributed by atoms with Gasteiger partial charge >= 0.3 is 5.97 Å². The smallest absolute Gasteiger partial charge is 0.325 e. The minimum atomic E-state index is -1.72. The Hall–Kier alpha value is -2.18. The Balaban J connectivity index is 0.00000217. The summed E-state index contributed by atoms with van der Waals surface area (Å²) in [5.74, 6) is -1.45. The predicted octanol–water partition coefficient (Wildman–Crippen LogP) is 1.82. The van der Waals surface area contributed by atoms with Crippen LogP contribution in [0, 0.1) is 0 Å². The summed E-state index contributed by atoms with van der Waals surface area (Å²) in [6, 6.07) is 2.00. The molecule has 1 aromatic rings. The van der Waals surface area contributed by atoms with Gasteiger partial charge in [-0.3, -0.25) is 29.2 Å². The van der Waals surface area contributed by atoms with E-state index >= 15 is 0 Å². The zero-order chi connectivity index (χ0) is 28.2. The third-order valence-corrected chi connectivity index (χ3v) is 5.10. The first kappa shape index (κ1) is 32.8. The average molecular weight is 583 g/mol. The number of primary amides is 1. The molecule has 3 atom stereocenters. The highest BCUT2D eigenvalue weighted by atomic mass is 35.6. The highest BCUT2D eigenvalue weighted by Gasteiger charge is 2.34. The zero-order valence-electron chi connectivity index (χ0n) is 21.2. The van der Waals surface area contributed by atoms with Gasteiger partial charge in [-0.1, -0.05) is 40.9 Å². The van der Waals surface area contributed by atoms with Crippen LogP contribution in [0.25, 0.3) is 0 Å². The molecule has 0 aliphatic carbocycles. The molecule has 1 aliphatic heterocycles. The normalized spacial score (nSPS) is 17.5. The van der Waals surface area contributed by atoms with Crippen LogP contribution in [0.2, 0.25) is 0 Å². The van der Waals surface area contributed by atoms with Gasteiger partial charge < -0.3 is 20.5 Å². The number of amides is 3. The van der Waals surface area contributed by atoms with Crippen LogP contribution in [0.4, 0.5) is 0 Å². The Labute approximate surface area is 231 Å². The lowest BCUT2D eigenvalue weighted by molar-refractivity contribution is -0.154. The molecule has 3 amide bonds. The maximum Gasteiger partial charge on any atom is 0.325 e. The fraction of sp³-hybridized carbons (Fsp3) is 0.609. The van der Waals surface area contributed by atoms with Crippen molar-refractivity contribution in [2.75, 3.05) is 13.2 Å².